The number of hydrogen-bond acceptors (Lipinski definition) is 2. The van der Waals surface area contributed by atoms with Gasteiger partial charge in [-0.05, 0) is 25.5 Å². The van der Waals surface area contributed by atoms with E-state index in [0.29, 0.717) is 6.04 Å². The van der Waals surface area contributed by atoms with Crippen LogP contribution in [0.3, 0.4) is 0 Å². The van der Waals surface area contributed by atoms with Crippen LogP contribution in [0.4, 0.5) is 0 Å². The van der Waals surface area contributed by atoms with Crippen LogP contribution in [0.25, 0.3) is 10.9 Å². The lowest BCUT2D eigenvalue weighted by Crippen LogP contribution is -2.27. The summed E-state index contributed by atoms with van der Waals surface area (Å²) in [5, 5.41) is 12.3. The van der Waals surface area contributed by atoms with E-state index in [2.05, 4.69) is 33.7 Å². The number of H-pyrrole nitrogens is 1. The second kappa shape index (κ2) is 6.24. The minimum Gasteiger partial charge on any atom is -0.309 e. The van der Waals surface area contributed by atoms with E-state index >= 15 is 0 Å². The van der Waals surface area contributed by atoms with Gasteiger partial charge >= 0.3 is 0 Å². The van der Waals surface area contributed by atoms with Crippen LogP contribution in [0.5, 0.6) is 0 Å². The van der Waals surface area contributed by atoms with Crippen molar-refractivity contribution in [3.8, 4) is 0 Å². The average Bonchev–Trinajstić information content (AvgIpc) is 2.74. The molecule has 3 rings (SSSR count). The van der Waals surface area contributed by atoms with Crippen LogP contribution < -0.4 is 5.32 Å². The zero-order chi connectivity index (χ0) is 10.1. The van der Waals surface area contributed by atoms with Gasteiger partial charge in [-0.1, -0.05) is 24.6 Å². The van der Waals surface area contributed by atoms with Crippen LogP contribution in [-0.2, 0) is 0 Å². The number of nitrogens with zero attached hydrogens (tertiary/aromatic N) is 1. The second-order valence-electron chi connectivity index (χ2n) is 4.16. The molecule has 1 fully saturated rings. The zero-order valence-corrected chi connectivity index (χ0v) is 11.1. The number of para-hydroxylation sites is 1. The fourth-order valence-electron chi connectivity index (χ4n) is 2.34. The van der Waals surface area contributed by atoms with Crippen LogP contribution in [0.2, 0.25) is 0 Å². The maximum Gasteiger partial charge on any atom is 0.0924 e. The second-order valence-corrected chi connectivity index (χ2v) is 4.16. The number of hydrogen-bond donors (Lipinski definition) is 2. The Balaban J connectivity index is 0.000000722. The Hall–Kier alpha value is -0.770. The highest BCUT2D eigenvalue weighted by atomic mass is 35.5. The first-order valence-corrected chi connectivity index (χ1v) is 5.61. The molecule has 1 aromatic carbocycles. The fourth-order valence-corrected chi connectivity index (χ4v) is 2.34. The number of halogens is 2. The van der Waals surface area contributed by atoms with Gasteiger partial charge in [-0.2, -0.15) is 5.10 Å². The first-order chi connectivity index (χ1) is 7.45. The molecule has 1 aliphatic rings. The predicted molar refractivity (Wildman–Crippen MR) is 75.2 cm³/mol. The molecule has 5 heteroatoms. The molecule has 0 saturated carbocycles. The van der Waals surface area contributed by atoms with Crippen molar-refractivity contribution in [1.82, 2.24) is 15.5 Å². The Bertz CT molecular complexity index is 463. The van der Waals surface area contributed by atoms with Crippen LogP contribution in [-0.4, -0.2) is 16.7 Å². The molecule has 0 bridgehead atoms. The molecule has 1 atom stereocenters. The SMILES string of the molecule is Cl.Cl.c1ccc2c(C3CCCCN3)[nH]nc2c1. The molecule has 2 aromatic rings. The molecule has 94 valence electrons. The highest BCUT2D eigenvalue weighted by Crippen LogP contribution is 2.26. The van der Waals surface area contributed by atoms with E-state index in [1.807, 2.05) is 6.07 Å². The number of nitrogens with one attached hydrogen (secondary N) is 2. The summed E-state index contributed by atoms with van der Waals surface area (Å²) in [6, 6.07) is 8.76. The number of aromatic amines is 1. The minimum atomic E-state index is 0. The van der Waals surface area contributed by atoms with Crippen molar-refractivity contribution in [2.45, 2.75) is 25.3 Å². The van der Waals surface area contributed by atoms with Crippen LogP contribution in [0, 0.1) is 0 Å². The van der Waals surface area contributed by atoms with Gasteiger partial charge in [0.05, 0.1) is 11.2 Å². The van der Waals surface area contributed by atoms with Crippen molar-refractivity contribution in [1.29, 1.82) is 0 Å². The number of fused-ring (bicyclic) bond motifs is 1. The van der Waals surface area contributed by atoms with Crippen molar-refractivity contribution < 1.29 is 0 Å². The van der Waals surface area contributed by atoms with Crippen LogP contribution in [0.15, 0.2) is 24.3 Å². The molecular weight excluding hydrogens is 257 g/mol. The summed E-state index contributed by atoms with van der Waals surface area (Å²) >= 11 is 0. The van der Waals surface area contributed by atoms with Gasteiger partial charge < -0.3 is 5.32 Å². The monoisotopic (exact) mass is 273 g/mol. The quantitative estimate of drug-likeness (QED) is 0.838. The largest absolute Gasteiger partial charge is 0.309 e. The van der Waals surface area contributed by atoms with Gasteiger partial charge in [-0.3, -0.25) is 5.10 Å². The van der Waals surface area contributed by atoms with Gasteiger partial charge in [0.25, 0.3) is 0 Å². The first kappa shape index (κ1) is 14.3. The third-order valence-corrected chi connectivity index (χ3v) is 3.15. The van der Waals surface area contributed by atoms with Crippen LogP contribution in [0.1, 0.15) is 31.0 Å². The molecule has 1 aliphatic heterocycles. The van der Waals surface area contributed by atoms with E-state index in [9.17, 15) is 0 Å². The molecule has 2 N–H and O–H groups in total. The summed E-state index contributed by atoms with van der Waals surface area (Å²) in [5.74, 6) is 0. The van der Waals surface area contributed by atoms with Crippen molar-refractivity contribution in [2.24, 2.45) is 0 Å². The first-order valence-electron chi connectivity index (χ1n) is 5.61. The Morgan fingerprint density at radius 1 is 1.12 bits per heavy atom. The normalized spacial score (nSPS) is 19.4. The predicted octanol–water partition coefficient (Wildman–Crippen LogP) is 3.22. The van der Waals surface area contributed by atoms with Crippen molar-refractivity contribution in [3.63, 3.8) is 0 Å². The third-order valence-electron chi connectivity index (χ3n) is 3.15. The van der Waals surface area contributed by atoms with Crippen molar-refractivity contribution >= 4 is 35.7 Å². The lowest BCUT2D eigenvalue weighted by atomic mass is 10.00. The van der Waals surface area contributed by atoms with E-state index in [-0.39, 0.29) is 24.8 Å². The molecule has 0 aliphatic carbocycles. The highest BCUT2D eigenvalue weighted by Gasteiger charge is 2.18. The van der Waals surface area contributed by atoms with Crippen molar-refractivity contribution in [3.05, 3.63) is 30.0 Å². The van der Waals surface area contributed by atoms with Crippen molar-refractivity contribution in [2.75, 3.05) is 6.54 Å². The molecule has 1 unspecified atom stereocenters. The average molecular weight is 274 g/mol. The molecule has 2 heterocycles. The van der Waals surface area contributed by atoms with Gasteiger partial charge in [-0.15, -0.1) is 24.8 Å². The topological polar surface area (TPSA) is 40.7 Å². The number of benzene rings is 1. The zero-order valence-electron chi connectivity index (χ0n) is 9.48. The summed E-state index contributed by atoms with van der Waals surface area (Å²) in [6.07, 6.45) is 3.82. The Labute approximate surface area is 113 Å². The van der Waals surface area contributed by atoms with E-state index < -0.39 is 0 Å². The maximum atomic E-state index is 4.33. The van der Waals surface area contributed by atoms with E-state index in [1.54, 1.807) is 0 Å². The van der Waals surface area contributed by atoms with Gasteiger partial charge in [-0.25, -0.2) is 0 Å². The summed E-state index contributed by atoms with van der Waals surface area (Å²) in [4.78, 5) is 0. The van der Waals surface area contributed by atoms with E-state index in [1.165, 1.54) is 30.3 Å². The molecule has 17 heavy (non-hydrogen) atoms. The lowest BCUT2D eigenvalue weighted by molar-refractivity contribution is 0.407. The molecule has 0 amide bonds. The van der Waals surface area contributed by atoms with Gasteiger partial charge in [0, 0.05) is 11.4 Å². The van der Waals surface area contributed by atoms with E-state index in [4.69, 9.17) is 0 Å². The summed E-state index contributed by atoms with van der Waals surface area (Å²) in [7, 11) is 0. The molecular formula is C12H17Cl2N3. The number of aromatic nitrogens is 2. The molecule has 1 saturated heterocycles. The number of piperidine rings is 1. The smallest absolute Gasteiger partial charge is 0.0924 e. The molecule has 1 aromatic heterocycles. The molecule has 0 radical (unpaired) electrons. The highest BCUT2D eigenvalue weighted by molar-refractivity contribution is 5.85. The minimum absolute atomic E-state index is 0. The lowest BCUT2D eigenvalue weighted by Gasteiger charge is -2.22. The maximum absolute atomic E-state index is 4.33. The molecule has 0 spiro atoms. The van der Waals surface area contributed by atoms with E-state index in [0.717, 1.165) is 12.1 Å². The van der Waals surface area contributed by atoms with Gasteiger partial charge in [0.1, 0.15) is 0 Å². The Morgan fingerprint density at radius 2 is 1.94 bits per heavy atom. The summed E-state index contributed by atoms with van der Waals surface area (Å²) in [6.45, 7) is 1.12. The van der Waals surface area contributed by atoms with Gasteiger partial charge in [0.2, 0.25) is 0 Å². The summed E-state index contributed by atoms with van der Waals surface area (Å²) in [5.41, 5.74) is 2.32. The fraction of sp³-hybridized carbons (Fsp3) is 0.417. The number of rotatable bonds is 1. The molecule has 3 nitrogen and oxygen atoms in total. The van der Waals surface area contributed by atoms with Crippen LogP contribution >= 0.6 is 24.8 Å². The van der Waals surface area contributed by atoms with Gasteiger partial charge in [0.15, 0.2) is 0 Å². The standard InChI is InChI=1S/C12H15N3.2ClH/c1-2-6-10-9(5-1)12(15-14-10)11-7-3-4-8-13-11;;/h1-2,5-6,11,13H,3-4,7-8H2,(H,14,15);2*1H. The Kier molecular flexibility index (Phi) is 5.25. The summed E-state index contributed by atoms with van der Waals surface area (Å²) < 4.78 is 0. The third kappa shape index (κ3) is 2.73. The Morgan fingerprint density at radius 3 is 2.71 bits per heavy atom.